The van der Waals surface area contributed by atoms with Crippen molar-refractivity contribution in [3.8, 4) is 11.5 Å². The maximum absolute atomic E-state index is 12.9. The number of halogens is 4. The van der Waals surface area contributed by atoms with Gasteiger partial charge in [0.2, 0.25) is 0 Å². The van der Waals surface area contributed by atoms with E-state index in [1.165, 1.54) is 24.3 Å². The Morgan fingerprint density at radius 2 is 1.75 bits per heavy atom. The first-order valence-electron chi connectivity index (χ1n) is 5.68. The predicted molar refractivity (Wildman–Crippen MR) is 72.1 cm³/mol. The van der Waals surface area contributed by atoms with Crippen molar-refractivity contribution >= 4 is 17.3 Å². The van der Waals surface area contributed by atoms with Crippen molar-refractivity contribution < 1.29 is 17.9 Å². The van der Waals surface area contributed by atoms with Gasteiger partial charge in [-0.15, -0.1) is 0 Å². The maximum atomic E-state index is 12.9. The molecule has 0 radical (unpaired) electrons. The lowest BCUT2D eigenvalue weighted by molar-refractivity contribution is -0.138. The van der Waals surface area contributed by atoms with Crippen molar-refractivity contribution in [1.29, 1.82) is 0 Å². The molecule has 6 heteroatoms. The summed E-state index contributed by atoms with van der Waals surface area (Å²) in [7, 11) is 0. The molecule has 0 saturated carbocycles. The number of nitrogens with two attached hydrogens (primary N) is 1. The van der Waals surface area contributed by atoms with Gasteiger partial charge in [0.1, 0.15) is 11.5 Å². The summed E-state index contributed by atoms with van der Waals surface area (Å²) in [5.74, 6) is -0.0372. The second kappa shape index (κ2) is 5.25. The number of hydrogen-bond donors (Lipinski definition) is 1. The molecule has 0 fully saturated rings. The van der Waals surface area contributed by atoms with Gasteiger partial charge in [0.15, 0.2) is 0 Å². The van der Waals surface area contributed by atoms with Crippen LogP contribution in [0.1, 0.15) is 11.1 Å². The Hall–Kier alpha value is -1.88. The molecule has 0 bridgehead atoms. The molecule has 20 heavy (non-hydrogen) atoms. The van der Waals surface area contributed by atoms with Crippen molar-refractivity contribution in [2.24, 2.45) is 0 Å². The van der Waals surface area contributed by atoms with Crippen LogP contribution in [0, 0.1) is 6.92 Å². The normalized spacial score (nSPS) is 11.4. The van der Waals surface area contributed by atoms with E-state index in [1.54, 1.807) is 13.0 Å². The molecule has 0 saturated heterocycles. The van der Waals surface area contributed by atoms with Crippen LogP contribution in [0.2, 0.25) is 5.02 Å². The number of benzene rings is 2. The summed E-state index contributed by atoms with van der Waals surface area (Å²) in [6.07, 6.45) is -4.48. The van der Waals surface area contributed by atoms with Crippen LogP contribution in [0.4, 0.5) is 18.9 Å². The fourth-order valence-corrected chi connectivity index (χ4v) is 1.86. The second-order valence-electron chi connectivity index (χ2n) is 4.24. The Kier molecular flexibility index (Phi) is 3.81. The molecule has 2 nitrogen and oxygen atoms in total. The highest BCUT2D eigenvalue weighted by atomic mass is 35.5. The molecule has 0 unspecified atom stereocenters. The molecule has 0 amide bonds. The first kappa shape index (κ1) is 14.5. The molecule has 0 spiro atoms. The molecule has 2 aromatic carbocycles. The van der Waals surface area contributed by atoms with Crippen LogP contribution in [0.25, 0.3) is 0 Å². The molecule has 0 atom stereocenters. The van der Waals surface area contributed by atoms with Crippen LogP contribution in [-0.2, 0) is 6.18 Å². The van der Waals surface area contributed by atoms with E-state index in [0.29, 0.717) is 11.3 Å². The van der Waals surface area contributed by atoms with Crippen LogP contribution in [0.3, 0.4) is 0 Å². The summed E-state index contributed by atoms with van der Waals surface area (Å²) in [5.41, 5.74) is 5.72. The van der Waals surface area contributed by atoms with E-state index in [0.717, 1.165) is 6.07 Å². The minimum absolute atomic E-state index is 0.232. The quantitative estimate of drug-likeness (QED) is 0.789. The minimum atomic E-state index is -4.48. The average molecular weight is 302 g/mol. The third-order valence-corrected chi connectivity index (χ3v) is 3.03. The van der Waals surface area contributed by atoms with Gasteiger partial charge in [-0.05, 0) is 30.7 Å². The van der Waals surface area contributed by atoms with Crippen molar-refractivity contribution in [3.63, 3.8) is 0 Å². The maximum Gasteiger partial charge on any atom is 0.419 e. The van der Waals surface area contributed by atoms with E-state index in [4.69, 9.17) is 22.1 Å². The standard InChI is InChI=1S/C14H11ClF3NO/c1-8-6-11(19)10(15)7-13(8)20-12-5-3-2-4-9(12)14(16,17)18/h2-7H,19H2,1H3. The lowest BCUT2D eigenvalue weighted by Gasteiger charge is -2.15. The molecule has 2 rings (SSSR count). The largest absolute Gasteiger partial charge is 0.456 e. The number of rotatable bonds is 2. The predicted octanol–water partition coefficient (Wildman–Crippen LogP) is 5.04. The number of nitrogen functional groups attached to an aromatic ring is 1. The van der Waals surface area contributed by atoms with Crippen molar-refractivity contribution in [1.82, 2.24) is 0 Å². The Morgan fingerprint density at radius 1 is 1.10 bits per heavy atom. The number of ether oxygens (including phenoxy) is 1. The summed E-state index contributed by atoms with van der Waals surface area (Å²) >= 11 is 5.85. The Labute approximate surface area is 118 Å². The summed E-state index contributed by atoms with van der Waals surface area (Å²) in [6.45, 7) is 1.68. The highest BCUT2D eigenvalue weighted by molar-refractivity contribution is 6.33. The van der Waals surface area contributed by atoms with Crippen LogP contribution >= 0.6 is 11.6 Å². The van der Waals surface area contributed by atoms with Gasteiger partial charge < -0.3 is 10.5 Å². The zero-order chi connectivity index (χ0) is 14.9. The van der Waals surface area contributed by atoms with E-state index in [1.807, 2.05) is 0 Å². The number of hydrogen-bond acceptors (Lipinski definition) is 2. The molecular formula is C14H11ClF3NO. The average Bonchev–Trinajstić information content (AvgIpc) is 2.35. The number of anilines is 1. The van der Waals surface area contributed by atoms with Crippen LogP contribution in [0.5, 0.6) is 11.5 Å². The first-order chi connectivity index (χ1) is 9.29. The van der Waals surface area contributed by atoms with Gasteiger partial charge >= 0.3 is 6.18 Å². The molecule has 0 aromatic heterocycles. The molecule has 0 aliphatic heterocycles. The minimum Gasteiger partial charge on any atom is -0.456 e. The highest BCUT2D eigenvalue weighted by Crippen LogP contribution is 2.39. The van der Waals surface area contributed by atoms with Crippen molar-refractivity contribution in [2.75, 3.05) is 5.73 Å². The summed E-state index contributed by atoms with van der Waals surface area (Å²) in [5, 5.41) is 0.232. The molecule has 0 aliphatic carbocycles. The Morgan fingerprint density at radius 3 is 2.40 bits per heavy atom. The zero-order valence-corrected chi connectivity index (χ0v) is 11.2. The third-order valence-electron chi connectivity index (χ3n) is 2.71. The number of para-hydroxylation sites is 1. The van der Waals surface area contributed by atoms with Gasteiger partial charge in [0.05, 0.1) is 16.3 Å². The molecule has 106 valence electrons. The lowest BCUT2D eigenvalue weighted by atomic mass is 10.1. The molecule has 0 aliphatic rings. The van der Waals surface area contributed by atoms with Gasteiger partial charge in [0, 0.05) is 6.07 Å². The second-order valence-corrected chi connectivity index (χ2v) is 4.64. The topological polar surface area (TPSA) is 35.2 Å². The Bertz CT molecular complexity index is 641. The smallest absolute Gasteiger partial charge is 0.419 e. The van der Waals surface area contributed by atoms with Crippen LogP contribution in [-0.4, -0.2) is 0 Å². The van der Waals surface area contributed by atoms with E-state index < -0.39 is 11.7 Å². The molecule has 2 N–H and O–H groups in total. The van der Waals surface area contributed by atoms with Gasteiger partial charge in [0.25, 0.3) is 0 Å². The van der Waals surface area contributed by atoms with Crippen molar-refractivity contribution in [3.05, 3.63) is 52.5 Å². The summed E-state index contributed by atoms with van der Waals surface area (Å²) < 4.78 is 43.9. The molecule has 0 heterocycles. The third kappa shape index (κ3) is 2.99. The SMILES string of the molecule is Cc1cc(N)c(Cl)cc1Oc1ccccc1C(F)(F)F. The van der Waals surface area contributed by atoms with Gasteiger partial charge in [-0.25, -0.2) is 0 Å². The highest BCUT2D eigenvalue weighted by Gasteiger charge is 2.34. The Balaban J connectivity index is 2.43. The van der Waals surface area contributed by atoms with Crippen LogP contribution < -0.4 is 10.5 Å². The fraction of sp³-hybridized carbons (Fsp3) is 0.143. The van der Waals surface area contributed by atoms with E-state index >= 15 is 0 Å². The molecular weight excluding hydrogens is 291 g/mol. The molecule has 2 aromatic rings. The fourth-order valence-electron chi connectivity index (χ4n) is 1.70. The lowest BCUT2D eigenvalue weighted by Crippen LogP contribution is -2.07. The number of aryl methyl sites for hydroxylation is 1. The summed E-state index contributed by atoms with van der Waals surface area (Å²) in [6, 6.07) is 7.95. The first-order valence-corrected chi connectivity index (χ1v) is 6.06. The van der Waals surface area contributed by atoms with E-state index in [2.05, 4.69) is 0 Å². The summed E-state index contributed by atoms with van der Waals surface area (Å²) in [4.78, 5) is 0. The zero-order valence-electron chi connectivity index (χ0n) is 10.5. The van der Waals surface area contributed by atoms with Gasteiger partial charge in [-0.2, -0.15) is 13.2 Å². The van der Waals surface area contributed by atoms with Crippen LogP contribution in [0.15, 0.2) is 36.4 Å². The van der Waals surface area contributed by atoms with Gasteiger partial charge in [-0.3, -0.25) is 0 Å². The number of alkyl halides is 3. The van der Waals surface area contributed by atoms with Gasteiger partial charge in [-0.1, -0.05) is 23.7 Å². The van der Waals surface area contributed by atoms with E-state index in [9.17, 15) is 13.2 Å². The van der Waals surface area contributed by atoms with Crippen molar-refractivity contribution in [2.45, 2.75) is 13.1 Å². The van der Waals surface area contributed by atoms with E-state index in [-0.39, 0.29) is 16.5 Å². The monoisotopic (exact) mass is 301 g/mol.